The summed E-state index contributed by atoms with van der Waals surface area (Å²) in [5, 5.41) is 3.32. The zero-order chi connectivity index (χ0) is 9.26. The standard InChI is InChI=1S/C11H16N2/c1-8-6-7-9-4-3-5-10(12-2)11(9)13-8/h6-7,10,12H,3-5H2,1-2H3/t10-/m1/s1. The summed E-state index contributed by atoms with van der Waals surface area (Å²) < 4.78 is 0. The van der Waals surface area contributed by atoms with E-state index in [0.717, 1.165) is 5.69 Å². The molecule has 0 amide bonds. The molecular weight excluding hydrogens is 160 g/mol. The number of hydrogen-bond donors (Lipinski definition) is 1. The number of hydrogen-bond acceptors (Lipinski definition) is 2. The molecular formula is C11H16N2. The van der Waals surface area contributed by atoms with E-state index in [1.165, 1.54) is 30.5 Å². The summed E-state index contributed by atoms with van der Waals surface area (Å²) in [5.41, 5.74) is 3.82. The number of aromatic nitrogens is 1. The lowest BCUT2D eigenvalue weighted by atomic mass is 9.92. The van der Waals surface area contributed by atoms with Gasteiger partial charge < -0.3 is 5.32 Å². The monoisotopic (exact) mass is 176 g/mol. The number of aryl methyl sites for hydroxylation is 2. The molecule has 0 saturated carbocycles. The van der Waals surface area contributed by atoms with Gasteiger partial charge in [-0.15, -0.1) is 0 Å². The maximum Gasteiger partial charge on any atom is 0.0608 e. The molecule has 1 heterocycles. The van der Waals surface area contributed by atoms with Crippen molar-refractivity contribution in [3.05, 3.63) is 29.1 Å². The lowest BCUT2D eigenvalue weighted by molar-refractivity contribution is 0.482. The minimum Gasteiger partial charge on any atom is -0.312 e. The molecule has 2 heteroatoms. The van der Waals surface area contributed by atoms with Crippen molar-refractivity contribution in [2.75, 3.05) is 7.05 Å². The summed E-state index contributed by atoms with van der Waals surface area (Å²) in [6, 6.07) is 4.81. The first-order valence-corrected chi connectivity index (χ1v) is 4.95. The van der Waals surface area contributed by atoms with Crippen molar-refractivity contribution in [2.24, 2.45) is 0 Å². The SMILES string of the molecule is CN[C@@H]1CCCc2ccc(C)nc21. The van der Waals surface area contributed by atoms with Crippen LogP contribution in [-0.2, 0) is 6.42 Å². The number of nitrogens with one attached hydrogen (secondary N) is 1. The molecule has 1 aliphatic rings. The minimum atomic E-state index is 0.476. The van der Waals surface area contributed by atoms with Gasteiger partial charge in [0.15, 0.2) is 0 Å². The summed E-state index contributed by atoms with van der Waals surface area (Å²) in [4.78, 5) is 4.60. The Labute approximate surface area is 79.4 Å². The van der Waals surface area contributed by atoms with Crippen LogP contribution >= 0.6 is 0 Å². The smallest absolute Gasteiger partial charge is 0.0608 e. The van der Waals surface area contributed by atoms with Crippen LogP contribution in [0.4, 0.5) is 0 Å². The van der Waals surface area contributed by atoms with Crippen LogP contribution in [0.25, 0.3) is 0 Å². The van der Waals surface area contributed by atoms with E-state index < -0.39 is 0 Å². The number of pyridine rings is 1. The van der Waals surface area contributed by atoms with Gasteiger partial charge in [0.2, 0.25) is 0 Å². The Kier molecular flexibility index (Phi) is 2.32. The normalized spacial score (nSPS) is 21.2. The second-order valence-electron chi connectivity index (χ2n) is 3.73. The Balaban J connectivity index is 2.41. The van der Waals surface area contributed by atoms with E-state index >= 15 is 0 Å². The van der Waals surface area contributed by atoms with E-state index in [4.69, 9.17) is 0 Å². The highest BCUT2D eigenvalue weighted by Crippen LogP contribution is 2.27. The molecule has 1 aliphatic carbocycles. The molecule has 2 rings (SSSR count). The summed E-state index contributed by atoms with van der Waals surface area (Å²) >= 11 is 0. The fraction of sp³-hybridized carbons (Fsp3) is 0.545. The van der Waals surface area contributed by atoms with Gasteiger partial charge >= 0.3 is 0 Å². The van der Waals surface area contributed by atoms with Gasteiger partial charge in [0.1, 0.15) is 0 Å². The third-order valence-electron chi connectivity index (χ3n) is 2.77. The molecule has 1 N–H and O–H groups in total. The van der Waals surface area contributed by atoms with Gasteiger partial charge in [-0.3, -0.25) is 4.98 Å². The molecule has 70 valence electrons. The Morgan fingerprint density at radius 3 is 3.08 bits per heavy atom. The first kappa shape index (κ1) is 8.70. The lowest BCUT2D eigenvalue weighted by Crippen LogP contribution is -2.23. The fourth-order valence-corrected chi connectivity index (χ4v) is 2.03. The molecule has 0 unspecified atom stereocenters. The Bertz CT molecular complexity index is 307. The molecule has 0 aliphatic heterocycles. The van der Waals surface area contributed by atoms with Crippen molar-refractivity contribution < 1.29 is 0 Å². The van der Waals surface area contributed by atoms with Crippen molar-refractivity contribution >= 4 is 0 Å². The third kappa shape index (κ3) is 1.59. The topological polar surface area (TPSA) is 24.9 Å². The van der Waals surface area contributed by atoms with Gasteiger partial charge in [0.25, 0.3) is 0 Å². The average Bonchev–Trinajstić information content (AvgIpc) is 2.17. The van der Waals surface area contributed by atoms with E-state index in [-0.39, 0.29) is 0 Å². The molecule has 0 spiro atoms. The predicted octanol–water partition coefficient (Wildman–Crippen LogP) is 1.99. The summed E-state index contributed by atoms with van der Waals surface area (Å²) in [6.07, 6.45) is 3.70. The molecule has 0 fully saturated rings. The fourth-order valence-electron chi connectivity index (χ4n) is 2.03. The second-order valence-corrected chi connectivity index (χ2v) is 3.73. The van der Waals surface area contributed by atoms with Gasteiger partial charge in [0.05, 0.1) is 5.69 Å². The van der Waals surface area contributed by atoms with Crippen molar-refractivity contribution in [3.8, 4) is 0 Å². The van der Waals surface area contributed by atoms with Crippen LogP contribution in [0, 0.1) is 6.92 Å². The zero-order valence-electron chi connectivity index (χ0n) is 8.30. The average molecular weight is 176 g/mol. The van der Waals surface area contributed by atoms with Crippen LogP contribution in [0.15, 0.2) is 12.1 Å². The van der Waals surface area contributed by atoms with Crippen molar-refractivity contribution in [1.82, 2.24) is 10.3 Å². The summed E-state index contributed by atoms with van der Waals surface area (Å²) in [7, 11) is 2.02. The van der Waals surface area contributed by atoms with Crippen LogP contribution in [0.2, 0.25) is 0 Å². The van der Waals surface area contributed by atoms with Crippen LogP contribution in [-0.4, -0.2) is 12.0 Å². The highest BCUT2D eigenvalue weighted by Gasteiger charge is 2.19. The highest BCUT2D eigenvalue weighted by atomic mass is 14.9. The largest absolute Gasteiger partial charge is 0.312 e. The Morgan fingerprint density at radius 2 is 2.31 bits per heavy atom. The van der Waals surface area contributed by atoms with Crippen LogP contribution in [0.1, 0.15) is 35.8 Å². The molecule has 1 aromatic heterocycles. The molecule has 0 aromatic carbocycles. The number of nitrogens with zero attached hydrogens (tertiary/aromatic N) is 1. The predicted molar refractivity (Wildman–Crippen MR) is 53.7 cm³/mol. The second kappa shape index (κ2) is 3.46. The van der Waals surface area contributed by atoms with Crippen molar-refractivity contribution in [1.29, 1.82) is 0 Å². The van der Waals surface area contributed by atoms with E-state index in [1.54, 1.807) is 0 Å². The van der Waals surface area contributed by atoms with E-state index in [2.05, 4.69) is 29.4 Å². The lowest BCUT2D eigenvalue weighted by Gasteiger charge is -2.24. The van der Waals surface area contributed by atoms with Gasteiger partial charge in [-0.1, -0.05) is 6.07 Å². The maximum absolute atomic E-state index is 4.60. The molecule has 13 heavy (non-hydrogen) atoms. The van der Waals surface area contributed by atoms with Gasteiger partial charge in [-0.2, -0.15) is 0 Å². The molecule has 0 bridgehead atoms. The van der Waals surface area contributed by atoms with E-state index in [0.29, 0.717) is 6.04 Å². The molecule has 0 radical (unpaired) electrons. The third-order valence-corrected chi connectivity index (χ3v) is 2.77. The van der Waals surface area contributed by atoms with Gasteiger partial charge in [-0.05, 0) is 44.9 Å². The van der Waals surface area contributed by atoms with Crippen molar-refractivity contribution in [3.63, 3.8) is 0 Å². The summed E-state index contributed by atoms with van der Waals surface area (Å²) in [5.74, 6) is 0. The van der Waals surface area contributed by atoms with E-state index in [1.807, 2.05) is 7.05 Å². The quantitative estimate of drug-likeness (QED) is 0.707. The Morgan fingerprint density at radius 1 is 1.46 bits per heavy atom. The van der Waals surface area contributed by atoms with Crippen LogP contribution < -0.4 is 5.32 Å². The van der Waals surface area contributed by atoms with Crippen molar-refractivity contribution in [2.45, 2.75) is 32.2 Å². The molecule has 1 atom stereocenters. The molecule has 2 nitrogen and oxygen atoms in total. The Hall–Kier alpha value is -0.890. The van der Waals surface area contributed by atoms with Gasteiger partial charge in [-0.25, -0.2) is 0 Å². The van der Waals surface area contributed by atoms with Gasteiger partial charge in [0, 0.05) is 11.7 Å². The number of fused-ring (bicyclic) bond motifs is 1. The number of rotatable bonds is 1. The first-order chi connectivity index (χ1) is 6.31. The zero-order valence-corrected chi connectivity index (χ0v) is 8.30. The first-order valence-electron chi connectivity index (χ1n) is 4.95. The van der Waals surface area contributed by atoms with Crippen LogP contribution in [0.3, 0.4) is 0 Å². The minimum absolute atomic E-state index is 0.476. The summed E-state index contributed by atoms with van der Waals surface area (Å²) in [6.45, 7) is 2.06. The highest BCUT2D eigenvalue weighted by molar-refractivity contribution is 5.27. The maximum atomic E-state index is 4.60. The molecule has 0 saturated heterocycles. The van der Waals surface area contributed by atoms with Crippen LogP contribution in [0.5, 0.6) is 0 Å². The molecule has 1 aromatic rings. The van der Waals surface area contributed by atoms with E-state index in [9.17, 15) is 0 Å².